The van der Waals surface area contributed by atoms with E-state index in [0.717, 1.165) is 21.8 Å². The Kier molecular flexibility index (Phi) is 5.86. The number of anilines is 1. The average molecular weight is 417 g/mol. The largest absolute Gasteiger partial charge is 0.373 e. The van der Waals surface area contributed by atoms with Crippen molar-refractivity contribution in [1.29, 1.82) is 0 Å². The van der Waals surface area contributed by atoms with Crippen LogP contribution in [0.2, 0.25) is 15.2 Å². The van der Waals surface area contributed by atoms with Crippen LogP contribution in [0.25, 0.3) is 11.3 Å². The number of benzene rings is 1. The van der Waals surface area contributed by atoms with Crippen LogP contribution >= 0.6 is 46.1 Å². The fourth-order valence-electron chi connectivity index (χ4n) is 2.52. The molecule has 0 bridgehead atoms. The van der Waals surface area contributed by atoms with Crippen molar-refractivity contribution < 1.29 is 0 Å². The van der Waals surface area contributed by atoms with Crippen molar-refractivity contribution in [3.05, 3.63) is 50.4 Å². The van der Waals surface area contributed by atoms with Crippen LogP contribution in [0.3, 0.4) is 0 Å². The van der Waals surface area contributed by atoms with Gasteiger partial charge < -0.3 is 11.1 Å². The first-order chi connectivity index (χ1) is 12.0. The van der Waals surface area contributed by atoms with Crippen LogP contribution in [0.15, 0.2) is 29.6 Å². The number of thiophene rings is 1. The van der Waals surface area contributed by atoms with Gasteiger partial charge in [-0.3, -0.25) is 0 Å². The first kappa shape index (κ1) is 18.5. The van der Waals surface area contributed by atoms with Crippen molar-refractivity contribution in [3.63, 3.8) is 0 Å². The maximum absolute atomic E-state index is 6.26. The molecule has 0 aliphatic heterocycles. The number of nitrogens with one attached hydrogen (secondary N) is 1. The smallest absolute Gasteiger partial charge is 0.179 e. The summed E-state index contributed by atoms with van der Waals surface area (Å²) in [5, 5.41) is 15.9. The van der Waals surface area contributed by atoms with Gasteiger partial charge in [-0.05, 0) is 30.2 Å². The maximum atomic E-state index is 6.26. The van der Waals surface area contributed by atoms with Gasteiger partial charge in [0.05, 0.1) is 5.00 Å². The Morgan fingerprint density at radius 3 is 2.72 bits per heavy atom. The summed E-state index contributed by atoms with van der Waals surface area (Å²) in [7, 11) is 1.81. The molecule has 0 saturated heterocycles. The van der Waals surface area contributed by atoms with Crippen LogP contribution in [0.1, 0.15) is 5.56 Å². The van der Waals surface area contributed by atoms with Crippen molar-refractivity contribution >= 4 is 51.1 Å². The van der Waals surface area contributed by atoms with Crippen molar-refractivity contribution in [2.75, 3.05) is 11.9 Å². The summed E-state index contributed by atoms with van der Waals surface area (Å²) < 4.78 is 1.65. The van der Waals surface area contributed by atoms with E-state index in [1.807, 2.05) is 30.6 Å². The maximum Gasteiger partial charge on any atom is 0.179 e. The molecule has 0 aliphatic carbocycles. The molecule has 2 heterocycles. The average Bonchev–Trinajstić information content (AvgIpc) is 3.15. The Hall–Kier alpha value is -1.31. The second-order valence-corrected chi connectivity index (χ2v) is 7.68. The quantitative estimate of drug-likeness (QED) is 0.621. The van der Waals surface area contributed by atoms with Crippen LogP contribution in [0.4, 0.5) is 5.00 Å². The van der Waals surface area contributed by atoms with Crippen LogP contribution in [0.5, 0.6) is 0 Å². The molecule has 0 aliphatic rings. The van der Waals surface area contributed by atoms with E-state index in [4.69, 9.17) is 40.5 Å². The molecule has 0 spiro atoms. The van der Waals surface area contributed by atoms with Gasteiger partial charge in [-0.2, -0.15) is 0 Å². The molecule has 0 saturated carbocycles. The van der Waals surface area contributed by atoms with Gasteiger partial charge in [0.15, 0.2) is 5.15 Å². The lowest BCUT2D eigenvalue weighted by Gasteiger charge is -2.17. The summed E-state index contributed by atoms with van der Waals surface area (Å²) in [6, 6.07) is 7.56. The monoisotopic (exact) mass is 415 g/mol. The molecule has 5 nitrogen and oxygen atoms in total. The standard InChI is InChI=1S/C16H16Cl3N5S/c1-24-15(16(19)22-23-24)10-5-14(25-8-10)21-12(7-20)4-9-2-3-11(17)6-13(9)18/h2-3,5-6,8,12,21H,4,7,20H2,1H3/t12-/m0/s1. The fourth-order valence-corrected chi connectivity index (χ4v) is 4.14. The Bertz CT molecular complexity index is 857. The number of aryl methyl sites for hydroxylation is 1. The minimum absolute atomic E-state index is 0.0466. The van der Waals surface area contributed by atoms with Gasteiger partial charge >= 0.3 is 0 Å². The van der Waals surface area contributed by atoms with Crippen molar-refractivity contribution in [1.82, 2.24) is 15.0 Å². The molecule has 1 aromatic carbocycles. The zero-order valence-electron chi connectivity index (χ0n) is 13.3. The summed E-state index contributed by atoms with van der Waals surface area (Å²) in [5.74, 6) is 0. The lowest BCUT2D eigenvalue weighted by molar-refractivity contribution is 0.720. The second-order valence-electron chi connectivity index (χ2n) is 5.57. The molecule has 1 atom stereocenters. The summed E-state index contributed by atoms with van der Waals surface area (Å²) in [6.07, 6.45) is 0.702. The molecular weight excluding hydrogens is 401 g/mol. The number of hydrogen-bond donors (Lipinski definition) is 2. The zero-order chi connectivity index (χ0) is 18.0. The van der Waals surface area contributed by atoms with E-state index in [9.17, 15) is 0 Å². The highest BCUT2D eigenvalue weighted by molar-refractivity contribution is 7.14. The second kappa shape index (κ2) is 7.93. The number of nitrogens with two attached hydrogens (primary N) is 1. The number of nitrogens with zero attached hydrogens (tertiary/aromatic N) is 3. The first-order valence-electron chi connectivity index (χ1n) is 7.52. The molecule has 3 N–H and O–H groups in total. The lowest BCUT2D eigenvalue weighted by atomic mass is 10.1. The van der Waals surface area contributed by atoms with Crippen molar-refractivity contribution in [2.24, 2.45) is 12.8 Å². The summed E-state index contributed by atoms with van der Waals surface area (Å²) in [5.41, 5.74) is 8.68. The molecule has 9 heteroatoms. The van der Waals surface area contributed by atoms with Crippen LogP contribution in [-0.2, 0) is 13.5 Å². The molecule has 0 amide bonds. The highest BCUT2D eigenvalue weighted by atomic mass is 35.5. The lowest BCUT2D eigenvalue weighted by Crippen LogP contribution is -2.30. The van der Waals surface area contributed by atoms with Crippen LogP contribution in [0, 0.1) is 0 Å². The van der Waals surface area contributed by atoms with Crippen LogP contribution < -0.4 is 11.1 Å². The number of halogens is 3. The zero-order valence-corrected chi connectivity index (χ0v) is 16.4. The van der Waals surface area contributed by atoms with E-state index in [1.54, 1.807) is 22.1 Å². The molecule has 25 heavy (non-hydrogen) atoms. The Morgan fingerprint density at radius 1 is 1.28 bits per heavy atom. The molecule has 0 fully saturated rings. The van der Waals surface area contributed by atoms with E-state index < -0.39 is 0 Å². The third-order valence-electron chi connectivity index (χ3n) is 3.77. The Labute approximate surface area is 164 Å². The number of aromatic nitrogens is 3. The topological polar surface area (TPSA) is 68.8 Å². The predicted octanol–water partition coefficient (Wildman–Crippen LogP) is 4.49. The van der Waals surface area contributed by atoms with Crippen LogP contribution in [-0.4, -0.2) is 27.6 Å². The van der Waals surface area contributed by atoms with Gasteiger partial charge in [-0.25, -0.2) is 4.68 Å². The third kappa shape index (κ3) is 4.27. The summed E-state index contributed by atoms with van der Waals surface area (Å²) in [4.78, 5) is 0. The van der Waals surface area contributed by atoms with Crippen molar-refractivity contribution in [2.45, 2.75) is 12.5 Å². The molecule has 3 aromatic rings. The van der Waals surface area contributed by atoms with Gasteiger partial charge in [0.2, 0.25) is 0 Å². The SMILES string of the molecule is Cn1nnc(Cl)c1-c1csc(N[C@H](CN)Cc2ccc(Cl)cc2Cl)c1. The van der Waals surface area contributed by atoms with E-state index in [2.05, 4.69) is 15.6 Å². The van der Waals surface area contributed by atoms with Gasteiger partial charge in [-0.15, -0.1) is 16.4 Å². The normalized spacial score (nSPS) is 12.4. The predicted molar refractivity (Wildman–Crippen MR) is 106 cm³/mol. The van der Waals surface area contributed by atoms with Gasteiger partial charge in [0, 0.05) is 40.6 Å². The summed E-state index contributed by atoms with van der Waals surface area (Å²) >= 11 is 19.9. The minimum Gasteiger partial charge on any atom is -0.373 e. The number of rotatable bonds is 6. The van der Waals surface area contributed by atoms with Gasteiger partial charge in [0.1, 0.15) is 5.69 Å². The minimum atomic E-state index is 0.0466. The number of hydrogen-bond acceptors (Lipinski definition) is 5. The molecular formula is C16H16Cl3N5S. The Balaban J connectivity index is 1.74. The molecule has 2 aromatic heterocycles. The molecule has 3 rings (SSSR count). The molecule has 0 unspecified atom stereocenters. The molecule has 132 valence electrons. The van der Waals surface area contributed by atoms with E-state index in [-0.39, 0.29) is 6.04 Å². The molecule has 0 radical (unpaired) electrons. The third-order valence-corrected chi connectivity index (χ3v) is 5.47. The van der Waals surface area contributed by atoms with E-state index in [1.165, 1.54) is 0 Å². The van der Waals surface area contributed by atoms with E-state index in [0.29, 0.717) is 28.2 Å². The highest BCUT2D eigenvalue weighted by Crippen LogP contribution is 2.32. The van der Waals surface area contributed by atoms with Gasteiger partial charge in [0.25, 0.3) is 0 Å². The van der Waals surface area contributed by atoms with Crippen molar-refractivity contribution in [3.8, 4) is 11.3 Å². The fraction of sp³-hybridized carbons (Fsp3) is 0.250. The highest BCUT2D eigenvalue weighted by Gasteiger charge is 2.15. The van der Waals surface area contributed by atoms with E-state index >= 15 is 0 Å². The van der Waals surface area contributed by atoms with Gasteiger partial charge in [-0.1, -0.05) is 46.1 Å². The summed E-state index contributed by atoms with van der Waals surface area (Å²) in [6.45, 7) is 0.472. The first-order valence-corrected chi connectivity index (χ1v) is 9.54. The Morgan fingerprint density at radius 2 is 2.08 bits per heavy atom.